The summed E-state index contributed by atoms with van der Waals surface area (Å²) in [4.78, 5) is 16.1. The van der Waals surface area contributed by atoms with Crippen molar-refractivity contribution in [2.24, 2.45) is 0 Å². The molecule has 3 heterocycles. The number of rotatable bonds is 5. The number of thiazole rings is 1. The molecule has 0 saturated heterocycles. The molecule has 29 heavy (non-hydrogen) atoms. The molecular formula is C21H21F3N4S. The van der Waals surface area contributed by atoms with E-state index < -0.39 is 11.7 Å². The zero-order chi connectivity index (χ0) is 20.4. The van der Waals surface area contributed by atoms with Crippen LogP contribution in [0.1, 0.15) is 41.7 Å². The molecule has 0 fully saturated rings. The molecule has 1 aliphatic rings. The topological polar surface area (TPSA) is 41.9 Å². The largest absolute Gasteiger partial charge is 0.416 e. The first-order valence-electron chi connectivity index (χ1n) is 9.60. The quantitative estimate of drug-likeness (QED) is 0.576. The van der Waals surface area contributed by atoms with Crippen LogP contribution in [0.5, 0.6) is 0 Å². The van der Waals surface area contributed by atoms with Gasteiger partial charge < -0.3 is 0 Å². The van der Waals surface area contributed by atoms with Gasteiger partial charge in [0, 0.05) is 60.9 Å². The zero-order valence-electron chi connectivity index (χ0n) is 16.0. The van der Waals surface area contributed by atoms with Crippen LogP contribution in [0.3, 0.4) is 0 Å². The van der Waals surface area contributed by atoms with Crippen LogP contribution in [-0.2, 0) is 32.1 Å². The Balaban J connectivity index is 1.42. The van der Waals surface area contributed by atoms with Gasteiger partial charge in [-0.15, -0.1) is 11.3 Å². The lowest BCUT2D eigenvalue weighted by atomic mass is 10.1. The normalized spacial score (nSPS) is 14.8. The Morgan fingerprint density at radius 1 is 1.14 bits per heavy atom. The van der Waals surface area contributed by atoms with E-state index in [4.69, 9.17) is 0 Å². The van der Waals surface area contributed by atoms with Gasteiger partial charge in [0.05, 0.1) is 11.3 Å². The fourth-order valence-corrected chi connectivity index (χ4v) is 4.26. The van der Waals surface area contributed by atoms with Crippen LogP contribution in [0.25, 0.3) is 10.6 Å². The molecule has 4 nitrogen and oxygen atoms in total. The number of halogens is 3. The summed E-state index contributed by atoms with van der Waals surface area (Å²) in [5.74, 6) is 0.917. The Morgan fingerprint density at radius 3 is 2.66 bits per heavy atom. The fraction of sp³-hybridized carbons (Fsp3) is 0.381. The lowest BCUT2D eigenvalue weighted by molar-refractivity contribution is -0.137. The third kappa shape index (κ3) is 4.64. The summed E-state index contributed by atoms with van der Waals surface area (Å²) in [7, 11) is 0. The van der Waals surface area contributed by atoms with Crippen molar-refractivity contribution in [1.82, 2.24) is 19.9 Å². The first-order valence-corrected chi connectivity index (χ1v) is 10.5. The molecule has 4 rings (SSSR count). The van der Waals surface area contributed by atoms with E-state index >= 15 is 0 Å². The van der Waals surface area contributed by atoms with Gasteiger partial charge in [0.15, 0.2) is 0 Å². The van der Waals surface area contributed by atoms with E-state index in [1.54, 1.807) is 0 Å². The average molecular weight is 418 g/mol. The van der Waals surface area contributed by atoms with Crippen molar-refractivity contribution in [2.45, 2.75) is 45.5 Å². The molecule has 1 aromatic carbocycles. The Labute approximate surface area is 171 Å². The second kappa shape index (κ2) is 8.20. The lowest BCUT2D eigenvalue weighted by Gasteiger charge is -2.27. The summed E-state index contributed by atoms with van der Waals surface area (Å²) >= 11 is 1.45. The van der Waals surface area contributed by atoms with E-state index in [0.29, 0.717) is 12.1 Å². The lowest BCUT2D eigenvalue weighted by Crippen LogP contribution is -2.31. The monoisotopic (exact) mass is 418 g/mol. The minimum atomic E-state index is -4.32. The number of hydrogen-bond acceptors (Lipinski definition) is 5. The van der Waals surface area contributed by atoms with Crippen molar-refractivity contribution in [3.8, 4) is 10.6 Å². The summed E-state index contributed by atoms with van der Waals surface area (Å²) in [6.45, 7) is 4.52. The highest BCUT2D eigenvalue weighted by Gasteiger charge is 2.30. The van der Waals surface area contributed by atoms with Gasteiger partial charge in [-0.1, -0.05) is 19.1 Å². The van der Waals surface area contributed by atoms with E-state index in [9.17, 15) is 13.2 Å². The van der Waals surface area contributed by atoms with E-state index in [2.05, 4.69) is 26.8 Å². The zero-order valence-corrected chi connectivity index (χ0v) is 16.9. The highest BCUT2D eigenvalue weighted by atomic mass is 32.1. The molecule has 0 aliphatic carbocycles. The van der Waals surface area contributed by atoms with E-state index in [-0.39, 0.29) is 0 Å². The molecule has 0 radical (unpaired) electrons. The van der Waals surface area contributed by atoms with Gasteiger partial charge in [0.1, 0.15) is 10.8 Å². The van der Waals surface area contributed by atoms with Gasteiger partial charge in [0.2, 0.25) is 0 Å². The van der Waals surface area contributed by atoms with Gasteiger partial charge in [-0.05, 0) is 18.6 Å². The van der Waals surface area contributed by atoms with Gasteiger partial charge in [-0.3, -0.25) is 4.90 Å². The van der Waals surface area contributed by atoms with Crippen LogP contribution in [-0.4, -0.2) is 26.4 Å². The fourth-order valence-electron chi connectivity index (χ4n) is 3.44. The van der Waals surface area contributed by atoms with Crippen LogP contribution in [0.15, 0.2) is 35.8 Å². The number of aromatic nitrogens is 3. The highest BCUT2D eigenvalue weighted by molar-refractivity contribution is 7.13. The standard InChI is InChI=1S/C21H21F3N4S/c1-2-3-19-25-10-15-11-28(9-8-18(15)27-19)12-17-13-29-20(26-17)14-4-6-16(7-5-14)21(22,23)24/h4-7,10,13H,2-3,8-9,11-12H2,1H3. The summed E-state index contributed by atoms with van der Waals surface area (Å²) in [6.07, 6.45) is 0.454. The third-order valence-electron chi connectivity index (χ3n) is 4.93. The molecule has 2 aromatic heterocycles. The van der Waals surface area contributed by atoms with Crippen LogP contribution in [0.2, 0.25) is 0 Å². The summed E-state index contributed by atoms with van der Waals surface area (Å²) in [5.41, 5.74) is 3.29. The van der Waals surface area contributed by atoms with Gasteiger partial charge in [-0.2, -0.15) is 13.2 Å². The van der Waals surface area contributed by atoms with Crippen LogP contribution in [0.4, 0.5) is 13.2 Å². The van der Waals surface area contributed by atoms with E-state index in [1.807, 2.05) is 11.6 Å². The SMILES string of the molecule is CCCc1ncc2c(n1)CCN(Cc1csc(-c3ccc(C(F)(F)F)cc3)n1)C2. The second-order valence-electron chi connectivity index (χ2n) is 7.19. The number of fused-ring (bicyclic) bond motifs is 1. The molecule has 8 heteroatoms. The van der Waals surface area contributed by atoms with Crippen molar-refractivity contribution in [3.63, 3.8) is 0 Å². The van der Waals surface area contributed by atoms with Crippen molar-refractivity contribution in [1.29, 1.82) is 0 Å². The minimum absolute atomic E-state index is 0.644. The maximum absolute atomic E-state index is 12.7. The van der Waals surface area contributed by atoms with Crippen LogP contribution < -0.4 is 0 Å². The Bertz CT molecular complexity index is 982. The molecule has 0 unspecified atom stereocenters. The van der Waals surface area contributed by atoms with Crippen LogP contribution in [0, 0.1) is 0 Å². The van der Waals surface area contributed by atoms with E-state index in [1.165, 1.54) is 23.5 Å². The molecule has 0 atom stereocenters. The first kappa shape index (κ1) is 20.0. The van der Waals surface area contributed by atoms with Crippen molar-refractivity contribution < 1.29 is 13.2 Å². The first-order chi connectivity index (χ1) is 13.9. The van der Waals surface area contributed by atoms with Gasteiger partial charge in [-0.25, -0.2) is 15.0 Å². The number of aryl methyl sites for hydroxylation is 1. The van der Waals surface area contributed by atoms with E-state index in [0.717, 1.165) is 72.3 Å². The van der Waals surface area contributed by atoms with Crippen LogP contribution >= 0.6 is 11.3 Å². The summed E-state index contributed by atoms with van der Waals surface area (Å²) < 4.78 is 38.2. The maximum Gasteiger partial charge on any atom is 0.416 e. The Hall–Kier alpha value is -2.32. The molecule has 0 saturated carbocycles. The summed E-state index contributed by atoms with van der Waals surface area (Å²) in [5, 5.41) is 2.71. The number of hydrogen-bond donors (Lipinski definition) is 0. The number of nitrogens with zero attached hydrogens (tertiary/aromatic N) is 4. The van der Waals surface area contributed by atoms with Crippen molar-refractivity contribution in [3.05, 3.63) is 64.2 Å². The van der Waals surface area contributed by atoms with Crippen molar-refractivity contribution >= 4 is 11.3 Å². The Morgan fingerprint density at radius 2 is 1.93 bits per heavy atom. The maximum atomic E-state index is 12.7. The summed E-state index contributed by atoms with van der Waals surface area (Å²) in [6, 6.07) is 5.16. The molecule has 0 bridgehead atoms. The predicted octanol–water partition coefficient (Wildman–Crippen LogP) is 5.13. The molecule has 0 spiro atoms. The molecule has 0 N–H and O–H groups in total. The molecule has 152 valence electrons. The Kier molecular flexibility index (Phi) is 5.65. The van der Waals surface area contributed by atoms with Gasteiger partial charge in [0.25, 0.3) is 0 Å². The molecule has 3 aromatic rings. The second-order valence-corrected chi connectivity index (χ2v) is 8.05. The van der Waals surface area contributed by atoms with Gasteiger partial charge >= 0.3 is 6.18 Å². The molecule has 0 amide bonds. The number of alkyl halides is 3. The number of benzene rings is 1. The highest BCUT2D eigenvalue weighted by Crippen LogP contribution is 2.32. The average Bonchev–Trinajstić information content (AvgIpc) is 3.16. The predicted molar refractivity (Wildman–Crippen MR) is 106 cm³/mol. The smallest absolute Gasteiger partial charge is 0.293 e. The van der Waals surface area contributed by atoms with Crippen molar-refractivity contribution in [2.75, 3.05) is 6.54 Å². The third-order valence-corrected chi connectivity index (χ3v) is 5.87. The molecular weight excluding hydrogens is 397 g/mol. The minimum Gasteiger partial charge on any atom is -0.293 e. The molecule has 1 aliphatic heterocycles.